The van der Waals surface area contributed by atoms with Crippen LogP contribution in [0.1, 0.15) is 41.8 Å². The minimum absolute atomic E-state index is 0.122. The van der Waals surface area contributed by atoms with Crippen LogP contribution in [0.15, 0.2) is 59.0 Å². The summed E-state index contributed by atoms with van der Waals surface area (Å²) in [6.07, 6.45) is 1.75. The molecular formula is C20H18ClN3O2. The molecule has 5 nitrogen and oxygen atoms in total. The standard InChI is InChI=1S/C20H18ClN3O2/c21-16-8-6-14(7-9-16)12-18-22-23-20(26-18)17-10-11-19(25)24(17)13-15-4-2-1-3-5-15/h1-9,17H,10-13H2/t17-/m0/s1. The number of hydrogen-bond acceptors (Lipinski definition) is 4. The third kappa shape index (κ3) is 3.63. The molecule has 0 N–H and O–H groups in total. The normalized spacial score (nSPS) is 17.0. The largest absolute Gasteiger partial charge is 0.423 e. The fourth-order valence-electron chi connectivity index (χ4n) is 3.22. The van der Waals surface area contributed by atoms with Gasteiger partial charge in [0.05, 0.1) is 6.42 Å². The van der Waals surface area contributed by atoms with Crippen LogP contribution in [0.25, 0.3) is 0 Å². The van der Waals surface area contributed by atoms with Crippen LogP contribution in [-0.4, -0.2) is 21.0 Å². The summed E-state index contributed by atoms with van der Waals surface area (Å²) in [5.41, 5.74) is 2.14. The van der Waals surface area contributed by atoms with Gasteiger partial charge in [0, 0.05) is 18.0 Å². The molecule has 1 aliphatic heterocycles. The summed E-state index contributed by atoms with van der Waals surface area (Å²) in [7, 11) is 0. The first kappa shape index (κ1) is 16.8. The van der Waals surface area contributed by atoms with Crippen LogP contribution >= 0.6 is 11.6 Å². The summed E-state index contributed by atoms with van der Waals surface area (Å²) in [5.74, 6) is 1.17. The topological polar surface area (TPSA) is 59.2 Å². The quantitative estimate of drug-likeness (QED) is 0.678. The third-order valence-electron chi connectivity index (χ3n) is 4.56. The van der Waals surface area contributed by atoms with E-state index >= 15 is 0 Å². The first-order valence-electron chi connectivity index (χ1n) is 8.59. The highest BCUT2D eigenvalue weighted by Gasteiger charge is 2.35. The Balaban J connectivity index is 1.50. The van der Waals surface area contributed by atoms with E-state index in [4.69, 9.17) is 16.0 Å². The number of likely N-dealkylation sites (tertiary alicyclic amines) is 1. The van der Waals surface area contributed by atoms with E-state index in [0.29, 0.717) is 42.6 Å². The molecular weight excluding hydrogens is 350 g/mol. The monoisotopic (exact) mass is 367 g/mol. The van der Waals surface area contributed by atoms with Gasteiger partial charge in [-0.1, -0.05) is 54.1 Å². The molecule has 4 rings (SSSR count). The van der Waals surface area contributed by atoms with Gasteiger partial charge in [-0.05, 0) is 29.7 Å². The van der Waals surface area contributed by atoms with Crippen molar-refractivity contribution >= 4 is 17.5 Å². The first-order valence-corrected chi connectivity index (χ1v) is 8.97. The average Bonchev–Trinajstić information content (AvgIpc) is 3.25. The average molecular weight is 368 g/mol. The lowest BCUT2D eigenvalue weighted by atomic mass is 10.1. The second-order valence-corrected chi connectivity index (χ2v) is 6.84. The number of hydrogen-bond donors (Lipinski definition) is 0. The molecule has 1 aromatic heterocycles. The number of carbonyl (C=O) groups is 1. The molecule has 1 amide bonds. The number of aromatic nitrogens is 2. The molecule has 2 heterocycles. The van der Waals surface area contributed by atoms with Gasteiger partial charge in [-0.2, -0.15) is 0 Å². The highest BCUT2D eigenvalue weighted by molar-refractivity contribution is 6.30. The lowest BCUT2D eigenvalue weighted by Gasteiger charge is -2.22. The van der Waals surface area contributed by atoms with Gasteiger partial charge in [0.2, 0.25) is 17.7 Å². The van der Waals surface area contributed by atoms with E-state index in [1.807, 2.05) is 59.5 Å². The maximum absolute atomic E-state index is 12.3. The molecule has 26 heavy (non-hydrogen) atoms. The van der Waals surface area contributed by atoms with E-state index in [-0.39, 0.29) is 11.9 Å². The Morgan fingerprint density at radius 1 is 1.04 bits per heavy atom. The molecule has 0 aliphatic carbocycles. The van der Waals surface area contributed by atoms with Crippen molar-refractivity contribution in [1.82, 2.24) is 15.1 Å². The SMILES string of the molecule is O=C1CC[C@@H](c2nnc(Cc3ccc(Cl)cc3)o2)N1Cc1ccccc1. The van der Waals surface area contributed by atoms with E-state index in [1.165, 1.54) is 0 Å². The van der Waals surface area contributed by atoms with E-state index in [2.05, 4.69) is 10.2 Å². The Morgan fingerprint density at radius 3 is 2.58 bits per heavy atom. The fraction of sp³-hybridized carbons (Fsp3) is 0.250. The molecule has 0 saturated carbocycles. The second-order valence-electron chi connectivity index (χ2n) is 6.40. The second kappa shape index (κ2) is 7.30. The number of carbonyl (C=O) groups excluding carboxylic acids is 1. The van der Waals surface area contributed by atoms with Crippen LogP contribution in [0.4, 0.5) is 0 Å². The Labute approximate surface area is 156 Å². The number of benzene rings is 2. The van der Waals surface area contributed by atoms with Gasteiger partial charge >= 0.3 is 0 Å². The van der Waals surface area contributed by atoms with Crippen molar-refractivity contribution in [1.29, 1.82) is 0 Å². The molecule has 0 unspecified atom stereocenters. The van der Waals surface area contributed by atoms with E-state index in [0.717, 1.165) is 11.1 Å². The summed E-state index contributed by atoms with van der Waals surface area (Å²) in [5, 5.41) is 9.05. The van der Waals surface area contributed by atoms with E-state index in [1.54, 1.807) is 0 Å². The molecule has 2 aromatic carbocycles. The van der Waals surface area contributed by atoms with Crippen molar-refractivity contribution in [2.24, 2.45) is 0 Å². The molecule has 0 radical (unpaired) electrons. The highest BCUT2D eigenvalue weighted by atomic mass is 35.5. The van der Waals surface area contributed by atoms with Gasteiger partial charge in [0.25, 0.3) is 0 Å². The third-order valence-corrected chi connectivity index (χ3v) is 4.81. The lowest BCUT2D eigenvalue weighted by molar-refractivity contribution is -0.129. The number of halogens is 1. The van der Waals surface area contributed by atoms with Crippen LogP contribution < -0.4 is 0 Å². The fourth-order valence-corrected chi connectivity index (χ4v) is 3.34. The van der Waals surface area contributed by atoms with Gasteiger partial charge in [-0.3, -0.25) is 4.79 Å². The molecule has 1 saturated heterocycles. The number of amides is 1. The van der Waals surface area contributed by atoms with E-state index in [9.17, 15) is 4.79 Å². The zero-order chi connectivity index (χ0) is 17.9. The van der Waals surface area contributed by atoms with Crippen LogP contribution in [0.2, 0.25) is 5.02 Å². The van der Waals surface area contributed by atoms with Crippen molar-refractivity contribution in [3.63, 3.8) is 0 Å². The summed E-state index contributed by atoms with van der Waals surface area (Å²) in [6, 6.07) is 17.3. The van der Waals surface area contributed by atoms with Gasteiger partial charge in [-0.25, -0.2) is 0 Å². The highest BCUT2D eigenvalue weighted by Crippen LogP contribution is 2.33. The van der Waals surface area contributed by atoms with Crippen LogP contribution in [0, 0.1) is 0 Å². The zero-order valence-corrected chi connectivity index (χ0v) is 14.9. The van der Waals surface area contributed by atoms with Crippen molar-refractivity contribution in [3.05, 3.63) is 82.5 Å². The molecule has 132 valence electrons. The van der Waals surface area contributed by atoms with Crippen molar-refractivity contribution in [2.75, 3.05) is 0 Å². The Bertz CT molecular complexity index is 893. The molecule has 0 bridgehead atoms. The summed E-state index contributed by atoms with van der Waals surface area (Å²) >= 11 is 5.91. The molecule has 1 atom stereocenters. The molecule has 6 heteroatoms. The Kier molecular flexibility index (Phi) is 4.71. The Hall–Kier alpha value is -2.66. The zero-order valence-electron chi connectivity index (χ0n) is 14.1. The maximum Gasteiger partial charge on any atom is 0.239 e. The van der Waals surface area contributed by atoms with Crippen molar-refractivity contribution in [3.8, 4) is 0 Å². The van der Waals surface area contributed by atoms with Gasteiger partial charge in [0.1, 0.15) is 6.04 Å². The minimum atomic E-state index is -0.158. The summed E-state index contributed by atoms with van der Waals surface area (Å²) in [6.45, 7) is 0.555. The molecule has 0 spiro atoms. The first-order chi connectivity index (χ1) is 12.7. The van der Waals surface area contributed by atoms with Crippen LogP contribution in [0.3, 0.4) is 0 Å². The number of rotatable bonds is 5. The lowest BCUT2D eigenvalue weighted by Crippen LogP contribution is -2.27. The van der Waals surface area contributed by atoms with E-state index < -0.39 is 0 Å². The molecule has 1 aliphatic rings. The van der Waals surface area contributed by atoms with Gasteiger partial charge < -0.3 is 9.32 Å². The van der Waals surface area contributed by atoms with Gasteiger partial charge in [-0.15, -0.1) is 10.2 Å². The Morgan fingerprint density at radius 2 is 1.81 bits per heavy atom. The summed E-state index contributed by atoms with van der Waals surface area (Å²) < 4.78 is 5.87. The van der Waals surface area contributed by atoms with Gasteiger partial charge in [0.15, 0.2) is 0 Å². The van der Waals surface area contributed by atoms with Crippen molar-refractivity contribution in [2.45, 2.75) is 31.8 Å². The van der Waals surface area contributed by atoms with Crippen LogP contribution in [0.5, 0.6) is 0 Å². The van der Waals surface area contributed by atoms with Crippen LogP contribution in [-0.2, 0) is 17.8 Å². The molecule has 1 fully saturated rings. The predicted molar refractivity (Wildman–Crippen MR) is 97.5 cm³/mol. The smallest absolute Gasteiger partial charge is 0.239 e. The number of nitrogens with zero attached hydrogens (tertiary/aromatic N) is 3. The predicted octanol–water partition coefficient (Wildman–Crippen LogP) is 4.18. The van der Waals surface area contributed by atoms with Crippen molar-refractivity contribution < 1.29 is 9.21 Å². The minimum Gasteiger partial charge on any atom is -0.423 e. The maximum atomic E-state index is 12.3. The summed E-state index contributed by atoms with van der Waals surface area (Å²) in [4.78, 5) is 14.1. The molecule has 3 aromatic rings.